The van der Waals surface area contributed by atoms with Crippen LogP contribution in [0.5, 0.6) is 0 Å². The molecule has 2 amide bonds. The van der Waals surface area contributed by atoms with Gasteiger partial charge in [-0.1, -0.05) is 117 Å². The Bertz CT molecular complexity index is 1550. The molecule has 1 saturated carbocycles. The standard InChI is InChI=1S/C36H45N5O5Si/c1-34(2,3)47(4,5)44-24-25-22-35(23-25,45-33(38)43)32-39-31(46-41-32)29(37)21-30(42)40-36(26-15-9-6-10-16-26,27-17-11-7-12-18-27)28-19-13-8-14-20-28/h6-20,25,29H,21-24,37H2,1-5H3,(H2,38,43)(H,40,42). The molecule has 1 atom stereocenters. The molecule has 1 unspecified atom stereocenters. The highest BCUT2D eigenvalue weighted by molar-refractivity contribution is 6.74. The molecule has 11 heteroatoms. The molecule has 1 aromatic heterocycles. The number of benzene rings is 3. The predicted octanol–water partition coefficient (Wildman–Crippen LogP) is 6.29. The Balaban J connectivity index is 1.35. The molecule has 0 bridgehead atoms. The summed E-state index contributed by atoms with van der Waals surface area (Å²) in [5, 5.41) is 7.51. The van der Waals surface area contributed by atoms with E-state index in [-0.39, 0.29) is 35.0 Å². The second kappa shape index (κ2) is 13.4. The van der Waals surface area contributed by atoms with Crippen LogP contribution in [0.2, 0.25) is 18.1 Å². The molecule has 1 fully saturated rings. The number of nitrogens with zero attached hydrogens (tertiary/aromatic N) is 2. The molecule has 0 saturated heterocycles. The first-order valence-electron chi connectivity index (χ1n) is 16.0. The van der Waals surface area contributed by atoms with Gasteiger partial charge in [0.05, 0.1) is 12.5 Å². The third kappa shape index (κ3) is 7.17. The van der Waals surface area contributed by atoms with Gasteiger partial charge < -0.3 is 30.5 Å². The Hall–Kier alpha value is -4.32. The van der Waals surface area contributed by atoms with E-state index in [0.717, 1.165) is 16.7 Å². The van der Waals surface area contributed by atoms with Crippen molar-refractivity contribution in [1.29, 1.82) is 0 Å². The summed E-state index contributed by atoms with van der Waals surface area (Å²) in [6.45, 7) is 11.5. The molecule has 4 aromatic rings. The van der Waals surface area contributed by atoms with E-state index >= 15 is 0 Å². The minimum Gasteiger partial charge on any atom is -0.435 e. The molecule has 5 N–H and O–H groups in total. The number of carbonyl (C=O) groups excluding carboxylic acids is 2. The monoisotopic (exact) mass is 655 g/mol. The zero-order valence-corrected chi connectivity index (χ0v) is 28.7. The largest absolute Gasteiger partial charge is 0.435 e. The van der Waals surface area contributed by atoms with Crippen LogP contribution in [0.15, 0.2) is 95.5 Å². The summed E-state index contributed by atoms with van der Waals surface area (Å²) in [6, 6.07) is 28.5. The molecule has 5 rings (SSSR count). The number of aromatic nitrogens is 2. The summed E-state index contributed by atoms with van der Waals surface area (Å²) in [5.41, 5.74) is 12.5. The molecule has 248 valence electrons. The first-order chi connectivity index (χ1) is 22.3. The lowest BCUT2D eigenvalue weighted by molar-refractivity contribution is -0.122. The maximum Gasteiger partial charge on any atom is 0.405 e. The van der Waals surface area contributed by atoms with Gasteiger partial charge in [-0.15, -0.1) is 0 Å². The summed E-state index contributed by atoms with van der Waals surface area (Å²) in [5.74, 6) is 0.0570. The van der Waals surface area contributed by atoms with Crippen LogP contribution in [-0.4, -0.2) is 37.1 Å². The first-order valence-corrected chi connectivity index (χ1v) is 18.9. The number of amides is 2. The molecule has 10 nitrogen and oxygen atoms in total. The quantitative estimate of drug-likeness (QED) is 0.119. The fraction of sp³-hybridized carbons (Fsp3) is 0.389. The Morgan fingerprint density at radius 1 is 0.936 bits per heavy atom. The SMILES string of the molecule is CC(C)(C)[Si](C)(C)OCC1CC(OC(N)=O)(c2noc(C(N)CC(=O)NC(c3ccccc3)(c3ccccc3)c3ccccc3)n2)C1. The number of rotatable bonds is 12. The number of hydrogen-bond donors (Lipinski definition) is 3. The van der Waals surface area contributed by atoms with E-state index in [2.05, 4.69) is 49.3 Å². The van der Waals surface area contributed by atoms with Crippen LogP contribution < -0.4 is 16.8 Å². The van der Waals surface area contributed by atoms with E-state index < -0.39 is 31.6 Å². The highest BCUT2D eigenvalue weighted by Gasteiger charge is 2.53. The summed E-state index contributed by atoms with van der Waals surface area (Å²) < 4.78 is 17.5. The third-order valence-corrected chi connectivity index (χ3v) is 14.0. The van der Waals surface area contributed by atoms with Gasteiger partial charge in [0, 0.05) is 6.61 Å². The van der Waals surface area contributed by atoms with E-state index in [0.29, 0.717) is 19.4 Å². The van der Waals surface area contributed by atoms with Crippen LogP contribution in [-0.2, 0) is 25.1 Å². The lowest BCUT2D eigenvalue weighted by atomic mass is 9.70. The van der Waals surface area contributed by atoms with Gasteiger partial charge in [0.15, 0.2) is 13.9 Å². The smallest absolute Gasteiger partial charge is 0.405 e. The molecule has 1 aliphatic carbocycles. The van der Waals surface area contributed by atoms with Gasteiger partial charge in [0.1, 0.15) is 5.54 Å². The van der Waals surface area contributed by atoms with Crippen molar-refractivity contribution in [3.05, 3.63) is 119 Å². The normalized spacial score (nSPS) is 19.0. The van der Waals surface area contributed by atoms with Gasteiger partial charge in [-0.05, 0) is 53.6 Å². The van der Waals surface area contributed by atoms with E-state index in [1.54, 1.807) is 0 Å². The number of carbonyl (C=O) groups is 2. The lowest BCUT2D eigenvalue weighted by Gasteiger charge is -2.45. The zero-order chi connectivity index (χ0) is 33.9. The highest BCUT2D eigenvalue weighted by Crippen LogP contribution is 2.49. The van der Waals surface area contributed by atoms with Crippen molar-refractivity contribution >= 4 is 20.3 Å². The fourth-order valence-electron chi connectivity index (χ4n) is 5.94. The molecule has 3 aromatic carbocycles. The van der Waals surface area contributed by atoms with E-state index in [1.807, 2.05) is 91.0 Å². The highest BCUT2D eigenvalue weighted by atomic mass is 28.4. The van der Waals surface area contributed by atoms with Gasteiger partial charge >= 0.3 is 6.09 Å². The molecular formula is C36H45N5O5Si. The van der Waals surface area contributed by atoms with E-state index in [9.17, 15) is 9.59 Å². The number of nitrogens with two attached hydrogens (primary N) is 2. The second-order valence-corrected chi connectivity index (χ2v) is 18.7. The van der Waals surface area contributed by atoms with Crippen LogP contribution in [0, 0.1) is 5.92 Å². The maximum absolute atomic E-state index is 13.9. The second-order valence-electron chi connectivity index (χ2n) is 13.9. The number of nitrogens with one attached hydrogen (secondary N) is 1. The number of primary amides is 1. The molecule has 1 aliphatic rings. The van der Waals surface area contributed by atoms with Crippen molar-refractivity contribution in [2.24, 2.45) is 17.4 Å². The van der Waals surface area contributed by atoms with Gasteiger partial charge in [-0.25, -0.2) is 4.79 Å². The topological polar surface area (TPSA) is 156 Å². The van der Waals surface area contributed by atoms with Crippen molar-refractivity contribution in [2.75, 3.05) is 6.61 Å². The first kappa shape index (κ1) is 34.0. The Labute approximate surface area is 277 Å². The Morgan fingerprint density at radius 2 is 1.43 bits per heavy atom. The minimum absolute atomic E-state index is 0.0632. The lowest BCUT2D eigenvalue weighted by Crippen LogP contribution is -2.50. The van der Waals surface area contributed by atoms with Crippen LogP contribution >= 0.6 is 0 Å². The van der Waals surface area contributed by atoms with Gasteiger partial charge in [0.25, 0.3) is 0 Å². The predicted molar refractivity (Wildman–Crippen MR) is 181 cm³/mol. The minimum atomic E-state index is -1.95. The van der Waals surface area contributed by atoms with Crippen LogP contribution in [0.4, 0.5) is 4.79 Å². The van der Waals surface area contributed by atoms with Crippen molar-refractivity contribution in [3.8, 4) is 0 Å². The summed E-state index contributed by atoms with van der Waals surface area (Å²) in [7, 11) is -1.95. The molecular weight excluding hydrogens is 611 g/mol. The van der Waals surface area contributed by atoms with Crippen molar-refractivity contribution in [3.63, 3.8) is 0 Å². The fourth-order valence-corrected chi connectivity index (χ4v) is 7.02. The average Bonchev–Trinajstić information content (AvgIpc) is 3.53. The molecule has 0 radical (unpaired) electrons. The third-order valence-electron chi connectivity index (χ3n) is 9.54. The van der Waals surface area contributed by atoms with Gasteiger partial charge in [0.2, 0.25) is 17.6 Å². The molecule has 1 heterocycles. The van der Waals surface area contributed by atoms with Crippen molar-refractivity contribution in [2.45, 2.75) is 75.3 Å². The van der Waals surface area contributed by atoms with Crippen LogP contribution in [0.25, 0.3) is 0 Å². The van der Waals surface area contributed by atoms with Crippen molar-refractivity contribution < 1.29 is 23.3 Å². The van der Waals surface area contributed by atoms with Gasteiger partial charge in [-0.2, -0.15) is 4.98 Å². The van der Waals surface area contributed by atoms with Crippen molar-refractivity contribution in [1.82, 2.24) is 15.5 Å². The zero-order valence-electron chi connectivity index (χ0n) is 27.7. The van der Waals surface area contributed by atoms with E-state index in [1.165, 1.54) is 0 Å². The van der Waals surface area contributed by atoms with Gasteiger partial charge in [-0.3, -0.25) is 4.79 Å². The summed E-state index contributed by atoms with van der Waals surface area (Å²) in [4.78, 5) is 30.3. The number of hydrogen-bond acceptors (Lipinski definition) is 8. The summed E-state index contributed by atoms with van der Waals surface area (Å²) in [6.07, 6.45) is -0.189. The molecule has 47 heavy (non-hydrogen) atoms. The maximum atomic E-state index is 13.9. The Kier molecular flexibility index (Phi) is 9.72. The van der Waals surface area contributed by atoms with E-state index in [4.69, 9.17) is 25.2 Å². The van der Waals surface area contributed by atoms with Crippen LogP contribution in [0.3, 0.4) is 0 Å². The number of ether oxygens (including phenoxy) is 1. The molecule has 0 aliphatic heterocycles. The molecule has 0 spiro atoms. The average molecular weight is 656 g/mol. The summed E-state index contributed by atoms with van der Waals surface area (Å²) >= 11 is 0. The Morgan fingerprint density at radius 3 is 1.87 bits per heavy atom. The van der Waals surface area contributed by atoms with Crippen LogP contribution in [0.1, 0.15) is 74.5 Å².